The van der Waals surface area contributed by atoms with Gasteiger partial charge in [-0.2, -0.15) is 0 Å². The van der Waals surface area contributed by atoms with Gasteiger partial charge in [-0.25, -0.2) is 4.98 Å². The fourth-order valence-corrected chi connectivity index (χ4v) is 2.52. The van der Waals surface area contributed by atoms with Crippen LogP contribution in [0.25, 0.3) is 11.1 Å². The van der Waals surface area contributed by atoms with Crippen LogP contribution in [0.1, 0.15) is 35.7 Å². The lowest BCUT2D eigenvalue weighted by atomic mass is 10.1. The first kappa shape index (κ1) is 16.5. The van der Waals surface area contributed by atoms with Crippen LogP contribution in [0.3, 0.4) is 0 Å². The zero-order chi connectivity index (χ0) is 17.3. The second-order valence-electron chi connectivity index (χ2n) is 6.10. The molecular weight excluding hydrogens is 324 g/mol. The number of amides is 1. The average molecular weight is 343 g/mol. The van der Waals surface area contributed by atoms with E-state index in [1.54, 1.807) is 30.1 Å². The van der Waals surface area contributed by atoms with E-state index in [-0.39, 0.29) is 11.9 Å². The third-order valence-corrected chi connectivity index (χ3v) is 4.29. The molecule has 0 aliphatic rings. The van der Waals surface area contributed by atoms with Crippen molar-refractivity contribution in [2.75, 3.05) is 7.05 Å². The van der Waals surface area contributed by atoms with Crippen molar-refractivity contribution < 1.29 is 9.21 Å². The number of oxazole rings is 1. The summed E-state index contributed by atoms with van der Waals surface area (Å²) in [4.78, 5) is 18.6. The molecular formula is C19H19ClN2O2. The van der Waals surface area contributed by atoms with Crippen molar-refractivity contribution >= 4 is 28.6 Å². The van der Waals surface area contributed by atoms with E-state index in [0.29, 0.717) is 34.0 Å². The summed E-state index contributed by atoms with van der Waals surface area (Å²) >= 11 is 5.90. The van der Waals surface area contributed by atoms with E-state index < -0.39 is 0 Å². The predicted octanol–water partition coefficient (Wildman–Crippen LogP) is 4.55. The van der Waals surface area contributed by atoms with Gasteiger partial charge in [0.2, 0.25) is 0 Å². The fraction of sp³-hybridized carbons (Fsp3) is 0.263. The molecule has 3 rings (SSSR count). The van der Waals surface area contributed by atoms with Gasteiger partial charge in [0.1, 0.15) is 5.52 Å². The first-order valence-corrected chi connectivity index (χ1v) is 8.23. The largest absolute Gasteiger partial charge is 0.440 e. The molecule has 2 aromatic carbocycles. The van der Waals surface area contributed by atoms with E-state index >= 15 is 0 Å². The Morgan fingerprint density at radius 3 is 2.58 bits per heavy atom. The molecule has 5 heteroatoms. The summed E-state index contributed by atoms with van der Waals surface area (Å²) in [6.07, 6.45) is 0.584. The summed E-state index contributed by atoms with van der Waals surface area (Å²) in [5, 5.41) is 0.703. The average Bonchev–Trinajstić information content (AvgIpc) is 2.96. The Morgan fingerprint density at radius 2 is 1.92 bits per heavy atom. The third-order valence-electron chi connectivity index (χ3n) is 4.04. The lowest BCUT2D eigenvalue weighted by Gasteiger charge is -2.21. The smallest absolute Gasteiger partial charge is 0.253 e. The number of benzene rings is 2. The second-order valence-corrected chi connectivity index (χ2v) is 6.54. The first-order chi connectivity index (χ1) is 11.4. The monoisotopic (exact) mass is 342 g/mol. The number of carbonyl (C=O) groups excluding carboxylic acids is 1. The number of fused-ring (bicyclic) bond motifs is 1. The standard InChI is InChI=1S/C19H19ClN2O2/c1-12(2)22(3)19(23)14-6-9-17-16(11-14)21-18(24-17)10-13-4-7-15(20)8-5-13/h4-9,11-12H,10H2,1-3H3. The molecule has 0 unspecified atom stereocenters. The number of rotatable bonds is 4. The maximum Gasteiger partial charge on any atom is 0.253 e. The van der Waals surface area contributed by atoms with Crippen molar-refractivity contribution in [2.24, 2.45) is 0 Å². The summed E-state index contributed by atoms with van der Waals surface area (Å²) in [6.45, 7) is 3.97. The molecule has 0 saturated carbocycles. The van der Waals surface area contributed by atoms with Crippen molar-refractivity contribution in [3.63, 3.8) is 0 Å². The fourth-order valence-electron chi connectivity index (χ4n) is 2.40. The molecule has 1 amide bonds. The molecule has 0 radical (unpaired) electrons. The van der Waals surface area contributed by atoms with Crippen LogP contribution in [0.2, 0.25) is 5.02 Å². The first-order valence-electron chi connectivity index (χ1n) is 7.85. The zero-order valence-electron chi connectivity index (χ0n) is 13.9. The van der Waals surface area contributed by atoms with Crippen LogP contribution in [-0.2, 0) is 6.42 Å². The van der Waals surface area contributed by atoms with Gasteiger partial charge in [-0.1, -0.05) is 23.7 Å². The van der Waals surface area contributed by atoms with Crippen molar-refractivity contribution in [1.29, 1.82) is 0 Å². The van der Waals surface area contributed by atoms with Crippen molar-refractivity contribution in [2.45, 2.75) is 26.3 Å². The summed E-state index contributed by atoms with van der Waals surface area (Å²) < 4.78 is 5.78. The Hall–Kier alpha value is -2.33. The van der Waals surface area contributed by atoms with E-state index in [1.165, 1.54) is 0 Å². The number of hydrogen-bond donors (Lipinski definition) is 0. The van der Waals surface area contributed by atoms with Gasteiger partial charge in [0.25, 0.3) is 5.91 Å². The zero-order valence-corrected chi connectivity index (χ0v) is 14.7. The van der Waals surface area contributed by atoms with Crippen molar-refractivity contribution in [3.05, 3.63) is 64.5 Å². The summed E-state index contributed by atoms with van der Waals surface area (Å²) in [5.41, 5.74) is 3.07. The van der Waals surface area contributed by atoms with Crippen LogP contribution < -0.4 is 0 Å². The number of aromatic nitrogens is 1. The Morgan fingerprint density at radius 1 is 1.21 bits per heavy atom. The molecule has 0 atom stereocenters. The molecule has 0 N–H and O–H groups in total. The molecule has 0 saturated heterocycles. The maximum atomic E-state index is 12.4. The normalized spacial score (nSPS) is 11.2. The van der Waals surface area contributed by atoms with Crippen LogP contribution in [0, 0.1) is 0 Å². The Kier molecular flexibility index (Phi) is 4.58. The van der Waals surface area contributed by atoms with Gasteiger partial charge in [0, 0.05) is 30.1 Å². The van der Waals surface area contributed by atoms with Crippen molar-refractivity contribution in [1.82, 2.24) is 9.88 Å². The molecule has 1 aromatic heterocycles. The van der Waals surface area contributed by atoms with Crippen LogP contribution in [0.4, 0.5) is 0 Å². The minimum atomic E-state index is -0.0193. The van der Waals surface area contributed by atoms with Gasteiger partial charge in [0.05, 0.1) is 0 Å². The van der Waals surface area contributed by atoms with Crippen LogP contribution >= 0.6 is 11.6 Å². The Bertz CT molecular complexity index is 869. The lowest BCUT2D eigenvalue weighted by molar-refractivity contribution is 0.0755. The van der Waals surface area contributed by atoms with Gasteiger partial charge in [0.15, 0.2) is 11.5 Å². The summed E-state index contributed by atoms with van der Waals surface area (Å²) in [5.74, 6) is 0.600. The highest BCUT2D eigenvalue weighted by Gasteiger charge is 2.16. The summed E-state index contributed by atoms with van der Waals surface area (Å²) in [7, 11) is 1.80. The van der Waals surface area contributed by atoms with E-state index in [4.69, 9.17) is 16.0 Å². The van der Waals surface area contributed by atoms with E-state index in [2.05, 4.69) is 4.98 Å². The topological polar surface area (TPSA) is 46.3 Å². The van der Waals surface area contributed by atoms with Gasteiger partial charge in [-0.15, -0.1) is 0 Å². The van der Waals surface area contributed by atoms with E-state index in [0.717, 1.165) is 5.56 Å². The van der Waals surface area contributed by atoms with Gasteiger partial charge in [-0.3, -0.25) is 4.79 Å². The SMILES string of the molecule is CC(C)N(C)C(=O)c1ccc2oc(Cc3ccc(Cl)cc3)nc2c1. The molecule has 0 aliphatic carbocycles. The third kappa shape index (κ3) is 3.44. The summed E-state index contributed by atoms with van der Waals surface area (Å²) in [6, 6.07) is 13.1. The molecule has 0 fully saturated rings. The van der Waals surface area contributed by atoms with Gasteiger partial charge in [-0.05, 0) is 49.7 Å². The van der Waals surface area contributed by atoms with Crippen LogP contribution in [-0.4, -0.2) is 28.9 Å². The molecule has 124 valence electrons. The highest BCUT2D eigenvalue weighted by atomic mass is 35.5. The molecule has 4 nitrogen and oxygen atoms in total. The molecule has 1 heterocycles. The van der Waals surface area contributed by atoms with Gasteiger partial charge < -0.3 is 9.32 Å². The van der Waals surface area contributed by atoms with Gasteiger partial charge >= 0.3 is 0 Å². The molecule has 3 aromatic rings. The predicted molar refractivity (Wildman–Crippen MR) is 95.5 cm³/mol. The molecule has 0 bridgehead atoms. The number of carbonyl (C=O) groups is 1. The Labute approximate surface area is 146 Å². The lowest BCUT2D eigenvalue weighted by Crippen LogP contribution is -2.32. The van der Waals surface area contributed by atoms with Crippen molar-refractivity contribution in [3.8, 4) is 0 Å². The van der Waals surface area contributed by atoms with Crippen LogP contribution in [0.5, 0.6) is 0 Å². The minimum absolute atomic E-state index is 0.0193. The maximum absolute atomic E-state index is 12.4. The quantitative estimate of drug-likeness (QED) is 0.698. The number of halogens is 1. The minimum Gasteiger partial charge on any atom is -0.440 e. The number of nitrogens with zero attached hydrogens (tertiary/aromatic N) is 2. The molecule has 0 spiro atoms. The van der Waals surface area contributed by atoms with E-state index in [1.807, 2.05) is 38.1 Å². The second kappa shape index (κ2) is 6.65. The molecule has 24 heavy (non-hydrogen) atoms. The Balaban J connectivity index is 1.86. The highest BCUT2D eigenvalue weighted by Crippen LogP contribution is 2.21. The number of hydrogen-bond acceptors (Lipinski definition) is 3. The van der Waals surface area contributed by atoms with E-state index in [9.17, 15) is 4.79 Å². The highest BCUT2D eigenvalue weighted by molar-refractivity contribution is 6.30. The van der Waals surface area contributed by atoms with Crippen LogP contribution in [0.15, 0.2) is 46.9 Å². The molecule has 0 aliphatic heterocycles.